The van der Waals surface area contributed by atoms with Crippen molar-refractivity contribution in [2.45, 2.75) is 37.0 Å². The van der Waals surface area contributed by atoms with Crippen LogP contribution in [-0.2, 0) is 20.9 Å². The first-order valence-corrected chi connectivity index (χ1v) is 9.37. The molecule has 142 valence electrons. The number of primary sulfonamides is 1. The highest BCUT2D eigenvalue weighted by molar-refractivity contribution is 7.89. The minimum Gasteiger partial charge on any atom is -0.381 e. The summed E-state index contributed by atoms with van der Waals surface area (Å²) in [5, 5.41) is 7.90. The Kier molecular flexibility index (Phi) is 5.97. The van der Waals surface area contributed by atoms with Crippen molar-refractivity contribution in [3.8, 4) is 0 Å². The summed E-state index contributed by atoms with van der Waals surface area (Å²) in [4.78, 5) is 1.25. The highest BCUT2D eigenvalue weighted by Gasteiger charge is 2.36. The van der Waals surface area contributed by atoms with Crippen molar-refractivity contribution < 1.29 is 26.3 Å². The minimum absolute atomic E-state index is 0.0659. The van der Waals surface area contributed by atoms with E-state index in [1.165, 1.54) is 6.07 Å². The third-order valence-electron chi connectivity index (χ3n) is 4.33. The number of nitrogens with one attached hydrogen (secondary N) is 1. The quantitative estimate of drug-likeness (QED) is 0.814. The monoisotopic (exact) mass is 381 g/mol. The number of nitrogens with zero attached hydrogens (tertiary/aromatic N) is 1. The van der Waals surface area contributed by atoms with E-state index >= 15 is 0 Å². The normalized spacial score (nSPS) is 19.4. The van der Waals surface area contributed by atoms with Gasteiger partial charge in [-0.3, -0.25) is 4.90 Å². The summed E-state index contributed by atoms with van der Waals surface area (Å²) in [5.74, 6) is 0. The van der Waals surface area contributed by atoms with E-state index in [0.29, 0.717) is 13.2 Å². The van der Waals surface area contributed by atoms with Crippen LogP contribution in [0.1, 0.15) is 19.4 Å². The lowest BCUT2D eigenvalue weighted by Gasteiger charge is -2.36. The van der Waals surface area contributed by atoms with Crippen LogP contribution in [0.2, 0.25) is 0 Å². The molecule has 6 nitrogen and oxygen atoms in total. The topological polar surface area (TPSA) is 84.7 Å². The molecule has 2 atom stereocenters. The number of sulfonamides is 1. The van der Waals surface area contributed by atoms with E-state index in [-0.39, 0.29) is 17.8 Å². The van der Waals surface area contributed by atoms with Crippen LogP contribution in [0, 0.1) is 0 Å². The predicted molar refractivity (Wildman–Crippen MR) is 87.8 cm³/mol. The number of halogens is 3. The number of hydrogen-bond donors (Lipinski definition) is 2. The molecule has 1 aliphatic heterocycles. The Morgan fingerprint density at radius 3 is 2.36 bits per heavy atom. The minimum atomic E-state index is -4.82. The smallest absolute Gasteiger partial charge is 0.381 e. The van der Waals surface area contributed by atoms with Crippen molar-refractivity contribution in [3.05, 3.63) is 23.8 Å². The third-order valence-corrected chi connectivity index (χ3v) is 5.30. The van der Waals surface area contributed by atoms with Crippen LogP contribution < -0.4 is 10.5 Å². The van der Waals surface area contributed by atoms with Gasteiger partial charge < -0.3 is 10.1 Å². The van der Waals surface area contributed by atoms with E-state index in [1.54, 1.807) is 0 Å². The van der Waals surface area contributed by atoms with Crippen molar-refractivity contribution in [1.82, 2.24) is 4.90 Å². The van der Waals surface area contributed by atoms with Crippen LogP contribution in [0.4, 0.5) is 18.9 Å². The molecule has 1 fully saturated rings. The molecule has 3 N–H and O–H groups in total. The fourth-order valence-electron chi connectivity index (χ4n) is 2.77. The zero-order valence-corrected chi connectivity index (χ0v) is 14.8. The number of hydrogen-bond acceptors (Lipinski definition) is 5. The van der Waals surface area contributed by atoms with E-state index < -0.39 is 26.7 Å². The lowest BCUT2D eigenvalue weighted by molar-refractivity contribution is -0.139. The van der Waals surface area contributed by atoms with Crippen LogP contribution in [0.15, 0.2) is 23.1 Å². The molecule has 2 rings (SSSR count). The van der Waals surface area contributed by atoms with Gasteiger partial charge in [-0.2, -0.15) is 13.2 Å². The molecule has 1 heterocycles. The second-order valence-corrected chi connectivity index (χ2v) is 7.61. The molecule has 25 heavy (non-hydrogen) atoms. The molecule has 10 heteroatoms. The number of ether oxygens (including phenoxy) is 1. The average Bonchev–Trinajstić information content (AvgIpc) is 2.53. The first-order chi connectivity index (χ1) is 11.5. The van der Waals surface area contributed by atoms with Gasteiger partial charge in [0, 0.05) is 30.9 Å². The maximum absolute atomic E-state index is 13.2. The summed E-state index contributed by atoms with van der Waals surface area (Å²) < 4.78 is 67.6. The Morgan fingerprint density at radius 2 is 1.84 bits per heavy atom. The van der Waals surface area contributed by atoms with Gasteiger partial charge in [0.05, 0.1) is 23.7 Å². The molecule has 0 spiro atoms. The Bertz CT molecular complexity index is 704. The van der Waals surface area contributed by atoms with Crippen molar-refractivity contribution in [2.24, 2.45) is 5.14 Å². The van der Waals surface area contributed by atoms with Crippen LogP contribution in [0.25, 0.3) is 0 Å². The number of anilines is 1. The van der Waals surface area contributed by atoms with Gasteiger partial charge in [-0.15, -0.1) is 0 Å². The lowest BCUT2D eigenvalue weighted by Crippen LogP contribution is -2.48. The molecule has 1 aliphatic rings. The van der Waals surface area contributed by atoms with Crippen LogP contribution in [0.5, 0.6) is 0 Å². The SMILES string of the molecule is CC(Nc1ccc(S(N)(=O)=O)c(C(F)(F)F)c1)C(C)N1CCOCC1. The molecule has 1 saturated heterocycles. The lowest BCUT2D eigenvalue weighted by atomic mass is 10.1. The number of benzene rings is 1. The van der Waals surface area contributed by atoms with E-state index in [2.05, 4.69) is 10.2 Å². The predicted octanol–water partition coefficient (Wildman–Crippen LogP) is 1.87. The highest BCUT2D eigenvalue weighted by atomic mass is 32.2. The van der Waals surface area contributed by atoms with Crippen LogP contribution in [0.3, 0.4) is 0 Å². The zero-order chi connectivity index (χ0) is 18.8. The molecule has 2 unspecified atom stereocenters. The Labute approximate surface area is 145 Å². The van der Waals surface area contributed by atoms with Gasteiger partial charge >= 0.3 is 6.18 Å². The van der Waals surface area contributed by atoms with Crippen LogP contribution >= 0.6 is 0 Å². The summed E-state index contributed by atoms with van der Waals surface area (Å²) >= 11 is 0. The molecule has 0 radical (unpaired) electrons. The summed E-state index contributed by atoms with van der Waals surface area (Å²) in [6.45, 7) is 6.60. The zero-order valence-electron chi connectivity index (χ0n) is 14.0. The van der Waals surface area contributed by atoms with Gasteiger partial charge in [0.25, 0.3) is 0 Å². The fourth-order valence-corrected chi connectivity index (χ4v) is 3.51. The molecule has 0 amide bonds. The standard InChI is InChI=1S/C15H22F3N3O3S/c1-10(11(2)21-5-7-24-8-6-21)20-12-3-4-14(25(19,22)23)13(9-12)15(16,17)18/h3-4,9-11,20H,5-8H2,1-2H3,(H2,19,22,23). The first-order valence-electron chi connectivity index (χ1n) is 7.82. The Morgan fingerprint density at radius 1 is 1.24 bits per heavy atom. The van der Waals surface area contributed by atoms with Crippen molar-refractivity contribution in [3.63, 3.8) is 0 Å². The second kappa shape index (κ2) is 7.48. The molecular weight excluding hydrogens is 359 g/mol. The van der Waals surface area contributed by atoms with E-state index in [4.69, 9.17) is 9.88 Å². The van der Waals surface area contributed by atoms with Gasteiger partial charge in [0.1, 0.15) is 0 Å². The average molecular weight is 381 g/mol. The molecule has 0 aliphatic carbocycles. The molecule has 0 bridgehead atoms. The Hall–Kier alpha value is -1.36. The summed E-state index contributed by atoms with van der Waals surface area (Å²) in [6, 6.07) is 2.86. The molecular formula is C15H22F3N3O3S. The van der Waals surface area contributed by atoms with Gasteiger partial charge in [-0.1, -0.05) is 0 Å². The number of rotatable bonds is 5. The summed E-state index contributed by atoms with van der Waals surface area (Å²) in [6.07, 6.45) is -4.82. The fraction of sp³-hybridized carbons (Fsp3) is 0.600. The first kappa shape index (κ1) is 20.0. The van der Waals surface area contributed by atoms with Gasteiger partial charge in [-0.05, 0) is 32.0 Å². The maximum atomic E-state index is 13.2. The number of morpholine rings is 1. The van der Waals surface area contributed by atoms with Crippen molar-refractivity contribution in [2.75, 3.05) is 31.6 Å². The number of nitrogens with two attached hydrogens (primary N) is 1. The largest absolute Gasteiger partial charge is 0.417 e. The molecule has 1 aromatic rings. The van der Waals surface area contributed by atoms with Gasteiger partial charge in [0.2, 0.25) is 10.0 Å². The van der Waals surface area contributed by atoms with Gasteiger partial charge in [0.15, 0.2) is 0 Å². The van der Waals surface area contributed by atoms with E-state index in [1.807, 2.05) is 13.8 Å². The molecule has 0 saturated carbocycles. The second-order valence-electron chi connectivity index (χ2n) is 6.08. The summed E-state index contributed by atoms with van der Waals surface area (Å²) in [7, 11) is -4.47. The van der Waals surface area contributed by atoms with E-state index in [0.717, 1.165) is 25.2 Å². The number of alkyl halides is 3. The van der Waals surface area contributed by atoms with E-state index in [9.17, 15) is 21.6 Å². The molecule has 0 aromatic heterocycles. The Balaban J connectivity index is 2.22. The van der Waals surface area contributed by atoms with Crippen molar-refractivity contribution >= 4 is 15.7 Å². The van der Waals surface area contributed by atoms with Gasteiger partial charge in [-0.25, -0.2) is 13.6 Å². The van der Waals surface area contributed by atoms with Crippen LogP contribution in [-0.4, -0.2) is 51.7 Å². The van der Waals surface area contributed by atoms with Crippen molar-refractivity contribution in [1.29, 1.82) is 0 Å². The third kappa shape index (κ3) is 5.06. The maximum Gasteiger partial charge on any atom is 0.417 e. The highest BCUT2D eigenvalue weighted by Crippen LogP contribution is 2.35. The summed E-state index contributed by atoms with van der Waals surface area (Å²) in [5.41, 5.74) is -1.08. The molecule has 1 aromatic carbocycles.